The van der Waals surface area contributed by atoms with Crippen molar-refractivity contribution >= 4 is 29.0 Å². The van der Waals surface area contributed by atoms with Gasteiger partial charge in [0, 0.05) is 24.4 Å². The molecule has 164 valence electrons. The molecule has 0 N–H and O–H groups in total. The number of hydrogen-bond donors (Lipinski definition) is 0. The number of halogens is 1. The average Bonchev–Trinajstić information content (AvgIpc) is 3.33. The van der Waals surface area contributed by atoms with Crippen LogP contribution in [-0.2, 0) is 13.1 Å². The summed E-state index contributed by atoms with van der Waals surface area (Å²) < 4.78 is 8.19. The minimum absolute atomic E-state index is 0.0277. The smallest absolute Gasteiger partial charge is 0.258 e. The molecular formula is C23H28ClN5O2. The second kappa shape index (κ2) is 7.95. The molecule has 2 unspecified atom stereocenters. The summed E-state index contributed by atoms with van der Waals surface area (Å²) in [6.07, 6.45) is 2.10. The topological polar surface area (TPSA) is 63.0 Å². The lowest BCUT2D eigenvalue weighted by Gasteiger charge is -2.30. The fourth-order valence-corrected chi connectivity index (χ4v) is 4.82. The highest BCUT2D eigenvalue weighted by molar-refractivity contribution is 6.32. The molecule has 1 saturated heterocycles. The Hall–Kier alpha value is -2.38. The van der Waals surface area contributed by atoms with E-state index >= 15 is 0 Å². The van der Waals surface area contributed by atoms with Gasteiger partial charge in [-0.25, -0.2) is 9.67 Å². The number of rotatable bonds is 3. The highest BCUT2D eigenvalue weighted by Gasteiger charge is 2.36. The first kappa shape index (κ1) is 20.5. The summed E-state index contributed by atoms with van der Waals surface area (Å²) in [6.45, 7) is 7.02. The predicted octanol–water partition coefficient (Wildman–Crippen LogP) is 3.79. The molecule has 4 heterocycles. The van der Waals surface area contributed by atoms with Crippen LogP contribution >= 0.6 is 11.6 Å². The van der Waals surface area contributed by atoms with Crippen molar-refractivity contribution in [2.24, 2.45) is 4.99 Å². The number of ether oxygens (including phenoxy) is 1. The van der Waals surface area contributed by atoms with Gasteiger partial charge in [0.05, 0.1) is 35.8 Å². The molecule has 0 saturated carbocycles. The molecule has 0 bridgehead atoms. The van der Waals surface area contributed by atoms with E-state index in [1.54, 1.807) is 0 Å². The van der Waals surface area contributed by atoms with E-state index in [0.717, 1.165) is 48.7 Å². The van der Waals surface area contributed by atoms with Crippen LogP contribution < -0.4 is 4.74 Å². The third-order valence-corrected chi connectivity index (χ3v) is 7.29. The molecule has 0 spiro atoms. The van der Waals surface area contributed by atoms with Crippen molar-refractivity contribution in [1.29, 1.82) is 0 Å². The van der Waals surface area contributed by atoms with Crippen molar-refractivity contribution < 1.29 is 9.53 Å². The SMILES string of the molecule is CC1=Nc2c3c(nn2C(C)C1Cl)CN(C(=O)c1ccccc1OC1CCN(C)CC1)C3. The van der Waals surface area contributed by atoms with Gasteiger partial charge in [0.1, 0.15) is 11.9 Å². The zero-order chi connectivity index (χ0) is 21.7. The lowest BCUT2D eigenvalue weighted by atomic mass is 10.1. The van der Waals surface area contributed by atoms with Crippen molar-refractivity contribution in [2.45, 2.75) is 57.3 Å². The van der Waals surface area contributed by atoms with Crippen LogP contribution in [0.2, 0.25) is 0 Å². The second-order valence-electron chi connectivity index (χ2n) is 8.87. The van der Waals surface area contributed by atoms with Crippen molar-refractivity contribution in [3.05, 3.63) is 41.1 Å². The zero-order valence-electron chi connectivity index (χ0n) is 18.2. The van der Waals surface area contributed by atoms with Crippen LogP contribution in [0.4, 0.5) is 5.82 Å². The quantitative estimate of drug-likeness (QED) is 0.680. The molecule has 1 aromatic heterocycles. The Morgan fingerprint density at radius 3 is 2.71 bits per heavy atom. The normalized spacial score (nSPS) is 24.0. The van der Waals surface area contributed by atoms with Crippen LogP contribution in [0, 0.1) is 0 Å². The second-order valence-corrected chi connectivity index (χ2v) is 9.34. The number of benzene rings is 1. The monoisotopic (exact) mass is 441 g/mol. The van der Waals surface area contributed by atoms with E-state index in [4.69, 9.17) is 26.4 Å². The highest BCUT2D eigenvalue weighted by Crippen LogP contribution is 2.39. The lowest BCUT2D eigenvalue weighted by molar-refractivity contribution is 0.0732. The number of hydrogen-bond acceptors (Lipinski definition) is 5. The van der Waals surface area contributed by atoms with Gasteiger partial charge in [-0.1, -0.05) is 12.1 Å². The summed E-state index contributed by atoms with van der Waals surface area (Å²) in [4.78, 5) is 22.3. The number of carbonyl (C=O) groups excluding carboxylic acids is 1. The van der Waals surface area contributed by atoms with Gasteiger partial charge >= 0.3 is 0 Å². The van der Waals surface area contributed by atoms with Crippen molar-refractivity contribution in [2.75, 3.05) is 20.1 Å². The van der Waals surface area contributed by atoms with Crippen LogP contribution in [0.3, 0.4) is 0 Å². The molecule has 1 amide bonds. The highest BCUT2D eigenvalue weighted by atomic mass is 35.5. The van der Waals surface area contributed by atoms with E-state index in [1.165, 1.54) is 0 Å². The number of alkyl halides is 1. The molecule has 2 aromatic rings. The van der Waals surface area contributed by atoms with Crippen molar-refractivity contribution in [3.8, 4) is 5.75 Å². The fourth-order valence-electron chi connectivity index (χ4n) is 4.67. The van der Waals surface area contributed by atoms with Crippen molar-refractivity contribution in [1.82, 2.24) is 19.6 Å². The molecule has 5 rings (SSSR count). The van der Waals surface area contributed by atoms with Gasteiger partial charge in [0.25, 0.3) is 5.91 Å². The molecule has 31 heavy (non-hydrogen) atoms. The van der Waals surface area contributed by atoms with Crippen LogP contribution in [0.25, 0.3) is 0 Å². The number of aromatic nitrogens is 2. The number of amides is 1. The number of piperidine rings is 1. The van der Waals surface area contributed by atoms with Gasteiger partial charge in [-0.2, -0.15) is 5.10 Å². The molecule has 7 nitrogen and oxygen atoms in total. The maximum Gasteiger partial charge on any atom is 0.258 e. The largest absolute Gasteiger partial charge is 0.489 e. The molecule has 1 aromatic carbocycles. The molecule has 0 aliphatic carbocycles. The summed E-state index contributed by atoms with van der Waals surface area (Å²) >= 11 is 6.46. The van der Waals surface area contributed by atoms with Gasteiger partial charge < -0.3 is 14.5 Å². The summed E-state index contributed by atoms with van der Waals surface area (Å²) in [7, 11) is 2.13. The third kappa shape index (κ3) is 3.64. The molecule has 8 heteroatoms. The van der Waals surface area contributed by atoms with Crippen LogP contribution in [0.1, 0.15) is 54.3 Å². The number of likely N-dealkylation sites (tertiary alicyclic amines) is 1. The first-order valence-corrected chi connectivity index (χ1v) is 11.4. The number of fused-ring (bicyclic) bond motifs is 3. The van der Waals surface area contributed by atoms with Gasteiger partial charge in [-0.3, -0.25) is 4.79 Å². The van der Waals surface area contributed by atoms with E-state index < -0.39 is 0 Å². The predicted molar refractivity (Wildman–Crippen MR) is 121 cm³/mol. The molecule has 2 atom stereocenters. The van der Waals surface area contributed by atoms with Crippen LogP contribution in [0.15, 0.2) is 29.3 Å². The van der Waals surface area contributed by atoms with Crippen LogP contribution in [-0.4, -0.2) is 62.8 Å². The number of aliphatic imine (C=N–C) groups is 1. The van der Waals surface area contributed by atoms with E-state index in [-0.39, 0.29) is 23.4 Å². The van der Waals surface area contributed by atoms with E-state index in [9.17, 15) is 4.79 Å². The Bertz CT molecular complexity index is 1040. The Kier molecular flexibility index (Phi) is 5.26. The maximum atomic E-state index is 13.4. The minimum atomic E-state index is -0.158. The van der Waals surface area contributed by atoms with E-state index in [2.05, 4.69) is 18.9 Å². The Morgan fingerprint density at radius 2 is 1.94 bits per heavy atom. The Morgan fingerprint density at radius 1 is 1.19 bits per heavy atom. The summed E-state index contributed by atoms with van der Waals surface area (Å²) in [5, 5.41) is 4.58. The minimum Gasteiger partial charge on any atom is -0.489 e. The zero-order valence-corrected chi connectivity index (χ0v) is 19.0. The molecule has 1 fully saturated rings. The van der Waals surface area contributed by atoms with Gasteiger partial charge in [-0.05, 0) is 45.9 Å². The standard InChI is InChI=1S/C23H28ClN5O2/c1-14-21(24)15(2)29-22(25-14)18-12-28(13-19(18)26-29)23(30)17-6-4-5-7-20(17)31-16-8-10-27(3)11-9-16/h4-7,15-16,21H,8-13H2,1-3H3. The number of carbonyl (C=O) groups is 1. The van der Waals surface area contributed by atoms with Gasteiger partial charge in [-0.15, -0.1) is 11.6 Å². The molecular weight excluding hydrogens is 414 g/mol. The maximum absolute atomic E-state index is 13.4. The van der Waals surface area contributed by atoms with Crippen LogP contribution in [0.5, 0.6) is 5.75 Å². The fraction of sp³-hybridized carbons (Fsp3) is 0.522. The summed E-state index contributed by atoms with van der Waals surface area (Å²) in [5.74, 6) is 1.48. The Balaban J connectivity index is 1.35. The summed E-state index contributed by atoms with van der Waals surface area (Å²) in [6, 6.07) is 7.63. The molecule has 3 aliphatic heterocycles. The number of para-hydroxylation sites is 1. The molecule has 3 aliphatic rings. The first-order chi connectivity index (χ1) is 14.9. The van der Waals surface area contributed by atoms with E-state index in [0.29, 0.717) is 24.4 Å². The van der Waals surface area contributed by atoms with Crippen molar-refractivity contribution in [3.63, 3.8) is 0 Å². The Labute approximate surface area is 187 Å². The summed E-state index contributed by atoms with van der Waals surface area (Å²) in [5.41, 5.74) is 3.44. The van der Waals surface area contributed by atoms with Gasteiger partial charge in [0.15, 0.2) is 5.82 Å². The van der Waals surface area contributed by atoms with E-state index in [1.807, 2.05) is 40.8 Å². The number of nitrogens with zero attached hydrogens (tertiary/aromatic N) is 5. The third-order valence-electron chi connectivity index (χ3n) is 6.61. The average molecular weight is 442 g/mol. The molecule has 0 radical (unpaired) electrons. The first-order valence-electron chi connectivity index (χ1n) is 11.0. The van der Waals surface area contributed by atoms with Gasteiger partial charge in [0.2, 0.25) is 0 Å². The lowest BCUT2D eigenvalue weighted by Crippen LogP contribution is -2.36.